The summed E-state index contributed by atoms with van der Waals surface area (Å²) in [5.41, 5.74) is 7.33. The van der Waals surface area contributed by atoms with E-state index in [0.717, 1.165) is 24.2 Å². The van der Waals surface area contributed by atoms with Crippen molar-refractivity contribution in [3.8, 4) is 5.75 Å². The van der Waals surface area contributed by atoms with Gasteiger partial charge >= 0.3 is 0 Å². The molecule has 2 unspecified atom stereocenters. The van der Waals surface area contributed by atoms with Crippen molar-refractivity contribution in [1.29, 1.82) is 0 Å². The SMILES string of the molecule is COCCOc1ccccc1CNC(=O)C1CC2CCCC(C1)C2N.Cl. The molecule has 1 aromatic carbocycles. The molecule has 2 fully saturated rings. The van der Waals surface area contributed by atoms with Crippen LogP contribution in [0.3, 0.4) is 0 Å². The molecule has 3 rings (SSSR count). The van der Waals surface area contributed by atoms with E-state index >= 15 is 0 Å². The summed E-state index contributed by atoms with van der Waals surface area (Å²) in [7, 11) is 1.65. The van der Waals surface area contributed by atoms with E-state index in [-0.39, 0.29) is 24.2 Å². The molecule has 2 atom stereocenters. The normalized spacial score (nSPS) is 27.3. The molecule has 2 saturated carbocycles. The number of fused-ring (bicyclic) bond motifs is 2. The molecule has 26 heavy (non-hydrogen) atoms. The predicted octanol–water partition coefficient (Wildman–Crippen LogP) is 2.90. The van der Waals surface area contributed by atoms with E-state index in [4.69, 9.17) is 15.2 Å². The molecule has 1 aromatic rings. The van der Waals surface area contributed by atoms with Crippen molar-refractivity contribution in [2.45, 2.75) is 44.7 Å². The second-order valence-electron chi connectivity index (χ2n) is 7.36. The van der Waals surface area contributed by atoms with Crippen molar-refractivity contribution in [3.63, 3.8) is 0 Å². The van der Waals surface area contributed by atoms with Gasteiger partial charge in [0.05, 0.1) is 6.61 Å². The molecule has 2 aliphatic rings. The average molecular weight is 383 g/mol. The molecule has 146 valence electrons. The van der Waals surface area contributed by atoms with Crippen LogP contribution in [0.1, 0.15) is 37.7 Å². The summed E-state index contributed by atoms with van der Waals surface area (Å²) in [6.45, 7) is 1.55. The van der Waals surface area contributed by atoms with E-state index in [2.05, 4.69) is 5.32 Å². The molecule has 0 aliphatic heterocycles. The Morgan fingerprint density at radius 1 is 1.19 bits per heavy atom. The molecular weight excluding hydrogens is 352 g/mol. The van der Waals surface area contributed by atoms with Crippen LogP contribution in [0.15, 0.2) is 24.3 Å². The van der Waals surface area contributed by atoms with Crippen LogP contribution in [0.25, 0.3) is 0 Å². The molecule has 2 bridgehead atoms. The number of hydrogen-bond donors (Lipinski definition) is 2. The number of para-hydroxylation sites is 1. The third kappa shape index (κ3) is 5.12. The van der Waals surface area contributed by atoms with Crippen LogP contribution < -0.4 is 15.8 Å². The summed E-state index contributed by atoms with van der Waals surface area (Å²) in [5, 5.41) is 3.11. The highest BCUT2D eigenvalue weighted by atomic mass is 35.5. The number of carbonyl (C=O) groups is 1. The molecule has 0 spiro atoms. The number of halogens is 1. The number of ether oxygens (including phenoxy) is 2. The molecular formula is C20H31ClN2O3. The van der Waals surface area contributed by atoms with Crippen LogP contribution in [-0.4, -0.2) is 32.3 Å². The average Bonchev–Trinajstić information content (AvgIpc) is 2.60. The lowest BCUT2D eigenvalue weighted by atomic mass is 9.65. The minimum Gasteiger partial charge on any atom is -0.491 e. The maximum atomic E-state index is 12.7. The first-order valence-electron chi connectivity index (χ1n) is 9.42. The first-order chi connectivity index (χ1) is 12.2. The van der Waals surface area contributed by atoms with Crippen molar-refractivity contribution >= 4 is 18.3 Å². The highest BCUT2D eigenvalue weighted by molar-refractivity contribution is 5.85. The Labute approximate surface area is 162 Å². The largest absolute Gasteiger partial charge is 0.491 e. The van der Waals surface area contributed by atoms with Gasteiger partial charge in [0.15, 0.2) is 0 Å². The molecule has 3 N–H and O–H groups in total. The fourth-order valence-electron chi connectivity index (χ4n) is 4.36. The summed E-state index contributed by atoms with van der Waals surface area (Å²) < 4.78 is 10.8. The third-order valence-corrected chi connectivity index (χ3v) is 5.75. The molecule has 2 aliphatic carbocycles. The molecule has 0 radical (unpaired) electrons. The zero-order valence-electron chi connectivity index (χ0n) is 15.5. The molecule has 0 saturated heterocycles. The Balaban J connectivity index is 0.00000243. The maximum absolute atomic E-state index is 12.7. The van der Waals surface area contributed by atoms with Crippen LogP contribution in [0.4, 0.5) is 0 Å². The number of rotatable bonds is 7. The maximum Gasteiger partial charge on any atom is 0.223 e. The number of amides is 1. The Bertz CT molecular complexity index is 570. The highest BCUT2D eigenvalue weighted by Gasteiger charge is 2.40. The number of nitrogens with two attached hydrogens (primary N) is 1. The lowest BCUT2D eigenvalue weighted by Gasteiger charge is -2.43. The monoisotopic (exact) mass is 382 g/mol. The van der Waals surface area contributed by atoms with Gasteiger partial charge in [0, 0.05) is 31.2 Å². The van der Waals surface area contributed by atoms with Crippen LogP contribution in [0.2, 0.25) is 0 Å². The summed E-state index contributed by atoms with van der Waals surface area (Å²) >= 11 is 0. The first-order valence-corrected chi connectivity index (χ1v) is 9.42. The molecule has 5 nitrogen and oxygen atoms in total. The van der Waals surface area contributed by atoms with Gasteiger partial charge in [-0.25, -0.2) is 0 Å². The van der Waals surface area contributed by atoms with E-state index < -0.39 is 0 Å². The van der Waals surface area contributed by atoms with Gasteiger partial charge in [-0.3, -0.25) is 4.79 Å². The first kappa shape index (κ1) is 21.0. The van der Waals surface area contributed by atoms with Crippen molar-refractivity contribution in [2.24, 2.45) is 23.5 Å². The smallest absolute Gasteiger partial charge is 0.223 e. The van der Waals surface area contributed by atoms with Gasteiger partial charge in [-0.05, 0) is 43.6 Å². The standard InChI is InChI=1S/C20H30N2O3.ClH/c1-24-9-10-25-18-8-3-2-5-16(18)13-22-20(23)17-11-14-6-4-7-15(12-17)19(14)21;/h2-3,5,8,14-15,17,19H,4,6-7,9-13,21H2,1H3,(H,22,23);1H. The van der Waals surface area contributed by atoms with Gasteiger partial charge < -0.3 is 20.5 Å². The number of carbonyl (C=O) groups excluding carboxylic acids is 1. The van der Waals surface area contributed by atoms with Gasteiger partial charge in [0.1, 0.15) is 12.4 Å². The van der Waals surface area contributed by atoms with Gasteiger partial charge in [0.25, 0.3) is 0 Å². The zero-order valence-corrected chi connectivity index (χ0v) is 16.3. The molecule has 0 heterocycles. The molecule has 1 amide bonds. The zero-order chi connectivity index (χ0) is 17.6. The number of benzene rings is 1. The predicted molar refractivity (Wildman–Crippen MR) is 104 cm³/mol. The Hall–Kier alpha value is -1.30. The van der Waals surface area contributed by atoms with E-state index in [1.807, 2.05) is 24.3 Å². The summed E-state index contributed by atoms with van der Waals surface area (Å²) in [6, 6.07) is 8.13. The lowest BCUT2D eigenvalue weighted by Crippen LogP contribution is -2.49. The van der Waals surface area contributed by atoms with E-state index in [0.29, 0.717) is 37.6 Å². The van der Waals surface area contributed by atoms with E-state index in [1.54, 1.807) is 7.11 Å². The van der Waals surface area contributed by atoms with Crippen molar-refractivity contribution in [3.05, 3.63) is 29.8 Å². The Morgan fingerprint density at radius 2 is 1.88 bits per heavy atom. The van der Waals surface area contributed by atoms with Crippen molar-refractivity contribution in [2.75, 3.05) is 20.3 Å². The lowest BCUT2D eigenvalue weighted by molar-refractivity contribution is -0.128. The number of hydrogen-bond acceptors (Lipinski definition) is 4. The summed E-state index contributed by atoms with van der Waals surface area (Å²) in [6.07, 6.45) is 5.50. The van der Waals surface area contributed by atoms with Crippen molar-refractivity contribution < 1.29 is 14.3 Å². The number of methoxy groups -OCH3 is 1. The summed E-state index contributed by atoms with van der Waals surface area (Å²) in [5.74, 6) is 2.12. The van der Waals surface area contributed by atoms with Gasteiger partial charge in [-0.1, -0.05) is 24.6 Å². The number of nitrogens with one attached hydrogen (secondary N) is 1. The van der Waals surface area contributed by atoms with Gasteiger partial charge in [-0.2, -0.15) is 0 Å². The van der Waals surface area contributed by atoms with E-state index in [9.17, 15) is 4.79 Å². The van der Waals surface area contributed by atoms with Crippen LogP contribution in [-0.2, 0) is 16.1 Å². The minimum atomic E-state index is 0. The Kier molecular flexibility index (Phi) is 8.19. The molecule has 6 heteroatoms. The second kappa shape index (κ2) is 10.1. The fraction of sp³-hybridized carbons (Fsp3) is 0.650. The summed E-state index contributed by atoms with van der Waals surface area (Å²) in [4.78, 5) is 12.7. The van der Waals surface area contributed by atoms with Gasteiger partial charge in [0.2, 0.25) is 5.91 Å². The van der Waals surface area contributed by atoms with Gasteiger partial charge in [-0.15, -0.1) is 12.4 Å². The highest BCUT2D eigenvalue weighted by Crippen LogP contribution is 2.41. The fourth-order valence-corrected chi connectivity index (χ4v) is 4.36. The van der Waals surface area contributed by atoms with Crippen LogP contribution in [0, 0.1) is 17.8 Å². The molecule has 0 aromatic heterocycles. The second-order valence-corrected chi connectivity index (χ2v) is 7.36. The van der Waals surface area contributed by atoms with Crippen LogP contribution >= 0.6 is 12.4 Å². The topological polar surface area (TPSA) is 73.6 Å². The quantitative estimate of drug-likeness (QED) is 0.711. The Morgan fingerprint density at radius 3 is 2.58 bits per heavy atom. The third-order valence-electron chi connectivity index (χ3n) is 5.75. The minimum absolute atomic E-state index is 0. The van der Waals surface area contributed by atoms with E-state index in [1.165, 1.54) is 19.3 Å². The van der Waals surface area contributed by atoms with Crippen molar-refractivity contribution in [1.82, 2.24) is 5.32 Å². The van der Waals surface area contributed by atoms with Crippen LogP contribution in [0.5, 0.6) is 5.75 Å².